The van der Waals surface area contributed by atoms with E-state index in [4.69, 9.17) is 9.63 Å². The van der Waals surface area contributed by atoms with Crippen molar-refractivity contribution in [2.24, 2.45) is 0 Å². The van der Waals surface area contributed by atoms with Crippen LogP contribution in [0.15, 0.2) is 34.9 Å². The molecule has 0 atom stereocenters. The Kier molecular flexibility index (Phi) is 3.18. The lowest BCUT2D eigenvalue weighted by molar-refractivity contribution is 0.0685. The highest BCUT2D eigenvalue weighted by atomic mass is 16.5. The van der Waals surface area contributed by atoms with Gasteiger partial charge in [-0.2, -0.15) is 0 Å². The molecule has 1 aromatic carbocycles. The summed E-state index contributed by atoms with van der Waals surface area (Å²) in [5.41, 5.74) is 0.678. The predicted octanol–water partition coefficient (Wildman–Crippen LogP) is 1.71. The van der Waals surface area contributed by atoms with Gasteiger partial charge in [0.2, 0.25) is 0 Å². The fraction of sp³-hybridized carbons (Fsp3) is 0.167. The standard InChI is InChI=1S/C12H12N2O4/c1-14(8-3-2-4-9(15)5-8)7-10-6-11(12(16)17)13-18-10/h2-6,15H,7H2,1H3,(H,16,17). The summed E-state index contributed by atoms with van der Waals surface area (Å²) in [5, 5.41) is 21.5. The Labute approximate surface area is 103 Å². The molecule has 6 heteroatoms. The molecule has 1 heterocycles. The molecule has 0 saturated heterocycles. The molecule has 0 radical (unpaired) electrons. The van der Waals surface area contributed by atoms with E-state index in [0.717, 1.165) is 5.69 Å². The van der Waals surface area contributed by atoms with Crippen LogP contribution >= 0.6 is 0 Å². The van der Waals surface area contributed by atoms with E-state index in [-0.39, 0.29) is 11.4 Å². The van der Waals surface area contributed by atoms with Gasteiger partial charge in [0.05, 0.1) is 6.54 Å². The number of benzene rings is 1. The van der Waals surface area contributed by atoms with Gasteiger partial charge in [-0.3, -0.25) is 0 Å². The number of phenols is 1. The largest absolute Gasteiger partial charge is 0.508 e. The molecule has 6 nitrogen and oxygen atoms in total. The van der Waals surface area contributed by atoms with Gasteiger partial charge in [-0.1, -0.05) is 11.2 Å². The Hall–Kier alpha value is -2.50. The van der Waals surface area contributed by atoms with Crippen molar-refractivity contribution in [1.29, 1.82) is 0 Å². The number of hydrogen-bond acceptors (Lipinski definition) is 5. The molecule has 0 spiro atoms. The first-order chi connectivity index (χ1) is 8.56. The third-order valence-corrected chi connectivity index (χ3v) is 2.44. The maximum absolute atomic E-state index is 10.6. The monoisotopic (exact) mass is 248 g/mol. The fourth-order valence-corrected chi connectivity index (χ4v) is 1.54. The lowest BCUT2D eigenvalue weighted by Gasteiger charge is -2.17. The van der Waals surface area contributed by atoms with E-state index in [1.54, 1.807) is 25.2 Å². The number of anilines is 1. The van der Waals surface area contributed by atoms with Crippen molar-refractivity contribution in [2.45, 2.75) is 6.54 Å². The van der Waals surface area contributed by atoms with Crippen LogP contribution in [0.4, 0.5) is 5.69 Å². The number of aromatic hydroxyl groups is 1. The second-order valence-electron chi connectivity index (χ2n) is 3.86. The predicted molar refractivity (Wildman–Crippen MR) is 63.7 cm³/mol. The average molecular weight is 248 g/mol. The molecule has 0 aliphatic rings. The van der Waals surface area contributed by atoms with Crippen LogP contribution in [-0.4, -0.2) is 28.4 Å². The summed E-state index contributed by atoms with van der Waals surface area (Å²) in [6.07, 6.45) is 0. The molecule has 2 N–H and O–H groups in total. The van der Waals surface area contributed by atoms with Crippen molar-refractivity contribution in [3.05, 3.63) is 41.8 Å². The van der Waals surface area contributed by atoms with Gasteiger partial charge in [-0.25, -0.2) is 4.79 Å². The van der Waals surface area contributed by atoms with Gasteiger partial charge in [0, 0.05) is 24.9 Å². The van der Waals surface area contributed by atoms with Gasteiger partial charge in [-0.15, -0.1) is 0 Å². The summed E-state index contributed by atoms with van der Waals surface area (Å²) in [4.78, 5) is 12.5. The Bertz CT molecular complexity index is 565. The Morgan fingerprint density at radius 3 is 2.83 bits per heavy atom. The first kappa shape index (κ1) is 12.0. The van der Waals surface area contributed by atoms with E-state index in [1.807, 2.05) is 11.0 Å². The summed E-state index contributed by atoms with van der Waals surface area (Å²) < 4.78 is 4.91. The number of hydrogen-bond donors (Lipinski definition) is 2. The van der Waals surface area contributed by atoms with Crippen molar-refractivity contribution >= 4 is 11.7 Å². The molecule has 0 aliphatic carbocycles. The highest BCUT2D eigenvalue weighted by Crippen LogP contribution is 2.20. The number of nitrogens with zero attached hydrogens (tertiary/aromatic N) is 2. The zero-order chi connectivity index (χ0) is 13.1. The second kappa shape index (κ2) is 4.79. The first-order valence-corrected chi connectivity index (χ1v) is 5.25. The van der Waals surface area contributed by atoms with Crippen molar-refractivity contribution in [3.8, 4) is 5.75 Å². The summed E-state index contributed by atoms with van der Waals surface area (Å²) in [5.74, 6) is -0.508. The molecular weight excluding hydrogens is 236 g/mol. The number of rotatable bonds is 4. The van der Waals surface area contributed by atoms with Crippen LogP contribution in [0.25, 0.3) is 0 Å². The molecule has 18 heavy (non-hydrogen) atoms. The van der Waals surface area contributed by atoms with E-state index in [9.17, 15) is 9.90 Å². The number of carbonyl (C=O) groups is 1. The van der Waals surface area contributed by atoms with Crippen LogP contribution in [0.1, 0.15) is 16.2 Å². The molecule has 0 bridgehead atoms. The molecule has 0 unspecified atom stereocenters. The smallest absolute Gasteiger partial charge is 0.358 e. The molecule has 0 amide bonds. The SMILES string of the molecule is CN(Cc1cc(C(=O)O)no1)c1cccc(O)c1. The van der Waals surface area contributed by atoms with E-state index in [0.29, 0.717) is 12.3 Å². The number of carboxylic acids is 1. The van der Waals surface area contributed by atoms with Crippen molar-refractivity contribution in [1.82, 2.24) is 5.16 Å². The molecular formula is C12H12N2O4. The Morgan fingerprint density at radius 2 is 2.22 bits per heavy atom. The Morgan fingerprint density at radius 1 is 1.44 bits per heavy atom. The zero-order valence-corrected chi connectivity index (χ0v) is 9.70. The fourth-order valence-electron chi connectivity index (χ4n) is 1.54. The Balaban J connectivity index is 2.11. The third kappa shape index (κ3) is 2.60. The molecule has 0 saturated carbocycles. The van der Waals surface area contributed by atoms with Crippen molar-refractivity contribution in [2.75, 3.05) is 11.9 Å². The number of aromatic carboxylic acids is 1. The third-order valence-electron chi connectivity index (χ3n) is 2.44. The van der Waals surface area contributed by atoms with Crippen LogP contribution in [0, 0.1) is 0 Å². The lowest BCUT2D eigenvalue weighted by Crippen LogP contribution is -2.15. The van der Waals surface area contributed by atoms with E-state index in [2.05, 4.69) is 5.16 Å². The minimum Gasteiger partial charge on any atom is -0.508 e. The highest BCUT2D eigenvalue weighted by Gasteiger charge is 2.12. The lowest BCUT2D eigenvalue weighted by atomic mass is 10.2. The average Bonchev–Trinajstić information content (AvgIpc) is 2.77. The molecule has 94 valence electrons. The minimum atomic E-state index is -1.12. The molecule has 1 aromatic heterocycles. The number of carboxylic acid groups (broad SMARTS) is 1. The topological polar surface area (TPSA) is 86.8 Å². The normalized spacial score (nSPS) is 10.3. The summed E-state index contributed by atoms with van der Waals surface area (Å²) >= 11 is 0. The van der Waals surface area contributed by atoms with E-state index in [1.165, 1.54) is 6.07 Å². The van der Waals surface area contributed by atoms with Gasteiger partial charge in [0.25, 0.3) is 0 Å². The van der Waals surface area contributed by atoms with Crippen molar-refractivity contribution < 1.29 is 19.5 Å². The summed E-state index contributed by atoms with van der Waals surface area (Å²) in [7, 11) is 1.80. The van der Waals surface area contributed by atoms with Crippen LogP contribution in [0.3, 0.4) is 0 Å². The van der Waals surface area contributed by atoms with E-state index >= 15 is 0 Å². The van der Waals surface area contributed by atoms with Crippen LogP contribution < -0.4 is 4.90 Å². The van der Waals surface area contributed by atoms with Crippen LogP contribution in [0.5, 0.6) is 5.75 Å². The first-order valence-electron chi connectivity index (χ1n) is 5.25. The van der Waals surface area contributed by atoms with Gasteiger partial charge >= 0.3 is 5.97 Å². The van der Waals surface area contributed by atoms with Crippen LogP contribution in [-0.2, 0) is 6.54 Å². The summed E-state index contributed by atoms with van der Waals surface area (Å²) in [6.45, 7) is 0.365. The van der Waals surface area contributed by atoms with E-state index < -0.39 is 5.97 Å². The second-order valence-corrected chi connectivity index (χ2v) is 3.86. The van der Waals surface area contributed by atoms with Crippen molar-refractivity contribution in [3.63, 3.8) is 0 Å². The quantitative estimate of drug-likeness (QED) is 0.856. The molecule has 0 aliphatic heterocycles. The number of phenolic OH excluding ortho intramolecular Hbond substituents is 1. The molecule has 0 fully saturated rings. The minimum absolute atomic E-state index is 0.116. The van der Waals surface area contributed by atoms with Gasteiger partial charge in [0.1, 0.15) is 5.75 Å². The maximum atomic E-state index is 10.6. The van der Waals surface area contributed by atoms with Gasteiger partial charge < -0.3 is 19.6 Å². The highest BCUT2D eigenvalue weighted by molar-refractivity contribution is 5.85. The van der Waals surface area contributed by atoms with Gasteiger partial charge in [0.15, 0.2) is 11.5 Å². The van der Waals surface area contributed by atoms with Gasteiger partial charge in [-0.05, 0) is 12.1 Å². The zero-order valence-electron chi connectivity index (χ0n) is 9.70. The molecule has 2 aromatic rings. The maximum Gasteiger partial charge on any atom is 0.358 e. The number of aromatic nitrogens is 1. The summed E-state index contributed by atoms with van der Waals surface area (Å²) in [6, 6.07) is 8.11. The molecule has 2 rings (SSSR count). The van der Waals surface area contributed by atoms with Crippen LogP contribution in [0.2, 0.25) is 0 Å².